The Balaban J connectivity index is 2.34. The van der Waals surface area contributed by atoms with Crippen LogP contribution in [0.4, 0.5) is 5.69 Å². The molecule has 2 N–H and O–H groups in total. The summed E-state index contributed by atoms with van der Waals surface area (Å²) in [5, 5.41) is 11.8. The lowest BCUT2D eigenvalue weighted by Crippen LogP contribution is -2.15. The van der Waals surface area contributed by atoms with Crippen molar-refractivity contribution in [2.75, 3.05) is 5.32 Å². The summed E-state index contributed by atoms with van der Waals surface area (Å²) in [5.41, 5.74) is 0.487. The molecule has 0 unspecified atom stereocenters. The van der Waals surface area contributed by atoms with Crippen LogP contribution in [0.2, 0.25) is 5.02 Å². The number of carbonyl (C=O) groups is 2. The predicted octanol–water partition coefficient (Wildman–Crippen LogP) is 3.29. The highest BCUT2D eigenvalue weighted by Gasteiger charge is 2.16. The summed E-state index contributed by atoms with van der Waals surface area (Å²) in [6.07, 6.45) is 0. The lowest BCUT2D eigenvalue weighted by Gasteiger charge is -2.10. The number of carboxylic acids is 1. The molecule has 0 atom stereocenters. The third-order valence-electron chi connectivity index (χ3n) is 2.52. The second-order valence-corrected chi connectivity index (χ2v) is 4.19. The van der Waals surface area contributed by atoms with Crippen LogP contribution in [-0.4, -0.2) is 17.0 Å². The Hall–Kier alpha value is -2.33. The first-order valence-corrected chi connectivity index (χ1v) is 5.85. The van der Waals surface area contributed by atoms with Gasteiger partial charge in [-0.15, -0.1) is 0 Å². The zero-order valence-corrected chi connectivity index (χ0v) is 10.5. The van der Waals surface area contributed by atoms with E-state index < -0.39 is 11.9 Å². The van der Waals surface area contributed by atoms with Gasteiger partial charge >= 0.3 is 5.97 Å². The molecule has 0 fully saturated rings. The number of hydrogen-bond donors (Lipinski definition) is 2. The molecule has 0 bridgehead atoms. The SMILES string of the molecule is O=C(Nc1c(Cl)cccc1C(=O)O)c1ccccc1. The number of halogens is 1. The molecular weight excluding hydrogens is 266 g/mol. The van der Waals surface area contributed by atoms with E-state index in [4.69, 9.17) is 16.7 Å². The zero-order chi connectivity index (χ0) is 13.8. The van der Waals surface area contributed by atoms with Gasteiger partial charge in [0.15, 0.2) is 0 Å². The molecule has 96 valence electrons. The maximum Gasteiger partial charge on any atom is 0.337 e. The van der Waals surface area contributed by atoms with Crippen LogP contribution < -0.4 is 5.32 Å². The van der Waals surface area contributed by atoms with Gasteiger partial charge < -0.3 is 10.4 Å². The molecule has 2 aromatic rings. The standard InChI is InChI=1S/C14H10ClNO3/c15-11-8-4-7-10(14(18)19)12(11)16-13(17)9-5-2-1-3-6-9/h1-8H,(H,16,17)(H,18,19). The number of para-hydroxylation sites is 1. The summed E-state index contributed by atoms with van der Waals surface area (Å²) in [5.74, 6) is -1.55. The highest BCUT2D eigenvalue weighted by molar-refractivity contribution is 6.34. The second-order valence-electron chi connectivity index (χ2n) is 3.79. The molecule has 0 aromatic heterocycles. The second kappa shape index (κ2) is 5.54. The number of aromatic carboxylic acids is 1. The Kier molecular flexibility index (Phi) is 3.82. The van der Waals surface area contributed by atoms with Gasteiger partial charge in [-0.3, -0.25) is 4.79 Å². The van der Waals surface area contributed by atoms with Crippen LogP contribution in [0.15, 0.2) is 48.5 Å². The van der Waals surface area contributed by atoms with Crippen LogP contribution in [0.3, 0.4) is 0 Å². The van der Waals surface area contributed by atoms with Crippen molar-refractivity contribution in [1.82, 2.24) is 0 Å². The molecule has 0 aliphatic carbocycles. The van der Waals surface area contributed by atoms with Crippen LogP contribution in [0, 0.1) is 0 Å². The first-order valence-electron chi connectivity index (χ1n) is 5.48. The van der Waals surface area contributed by atoms with Crippen molar-refractivity contribution >= 4 is 29.2 Å². The summed E-state index contributed by atoms with van der Waals surface area (Å²) >= 11 is 5.93. The quantitative estimate of drug-likeness (QED) is 0.903. The molecule has 5 heteroatoms. The van der Waals surface area contributed by atoms with Crippen LogP contribution in [0.25, 0.3) is 0 Å². The van der Waals surface area contributed by atoms with Crippen LogP contribution in [0.5, 0.6) is 0 Å². The average Bonchev–Trinajstić information content (AvgIpc) is 2.41. The van der Waals surface area contributed by atoms with Gasteiger partial charge in [-0.05, 0) is 24.3 Å². The summed E-state index contributed by atoms with van der Waals surface area (Å²) in [4.78, 5) is 23.1. The maximum absolute atomic E-state index is 12.0. The predicted molar refractivity (Wildman–Crippen MR) is 72.8 cm³/mol. The van der Waals surface area contributed by atoms with Crippen molar-refractivity contribution in [2.45, 2.75) is 0 Å². The zero-order valence-electron chi connectivity index (χ0n) is 9.76. The van der Waals surface area contributed by atoms with Crippen LogP contribution >= 0.6 is 11.6 Å². The van der Waals surface area contributed by atoms with E-state index in [1.54, 1.807) is 30.3 Å². The smallest absolute Gasteiger partial charge is 0.337 e. The molecular formula is C14H10ClNO3. The van der Waals surface area contributed by atoms with Gasteiger partial charge in [0.05, 0.1) is 16.3 Å². The van der Waals surface area contributed by atoms with Crippen molar-refractivity contribution in [1.29, 1.82) is 0 Å². The van der Waals surface area contributed by atoms with Crippen molar-refractivity contribution in [3.63, 3.8) is 0 Å². The van der Waals surface area contributed by atoms with Crippen LogP contribution in [-0.2, 0) is 0 Å². The number of anilines is 1. The van der Waals surface area contributed by atoms with E-state index in [0.717, 1.165) is 0 Å². The van der Waals surface area contributed by atoms with E-state index in [9.17, 15) is 9.59 Å². The number of rotatable bonds is 3. The van der Waals surface area contributed by atoms with Gasteiger partial charge in [0.2, 0.25) is 0 Å². The van der Waals surface area contributed by atoms with Gasteiger partial charge in [0.1, 0.15) is 0 Å². The summed E-state index contributed by atoms with van der Waals surface area (Å²) in [6, 6.07) is 12.9. The normalized spacial score (nSPS) is 9.95. The number of carboxylic acid groups (broad SMARTS) is 1. The number of amides is 1. The third-order valence-corrected chi connectivity index (χ3v) is 2.83. The molecule has 0 radical (unpaired) electrons. The van der Waals surface area contributed by atoms with Crippen molar-refractivity contribution < 1.29 is 14.7 Å². The molecule has 0 saturated carbocycles. The Bertz CT molecular complexity index is 626. The van der Waals surface area contributed by atoms with E-state index in [-0.39, 0.29) is 16.3 Å². The highest BCUT2D eigenvalue weighted by atomic mass is 35.5. The Morgan fingerprint density at radius 1 is 1.00 bits per heavy atom. The molecule has 0 saturated heterocycles. The fourth-order valence-electron chi connectivity index (χ4n) is 1.60. The minimum atomic E-state index is -1.15. The number of carbonyl (C=O) groups excluding carboxylic acids is 1. The van der Waals surface area contributed by atoms with Crippen LogP contribution in [0.1, 0.15) is 20.7 Å². The largest absolute Gasteiger partial charge is 0.478 e. The van der Waals surface area contributed by atoms with Crippen molar-refractivity contribution in [3.8, 4) is 0 Å². The first-order chi connectivity index (χ1) is 9.09. The molecule has 19 heavy (non-hydrogen) atoms. The minimum Gasteiger partial charge on any atom is -0.478 e. The average molecular weight is 276 g/mol. The Morgan fingerprint density at radius 3 is 2.32 bits per heavy atom. The highest BCUT2D eigenvalue weighted by Crippen LogP contribution is 2.26. The van der Waals surface area contributed by atoms with E-state index in [2.05, 4.69) is 5.32 Å². The topological polar surface area (TPSA) is 66.4 Å². The van der Waals surface area contributed by atoms with E-state index in [1.165, 1.54) is 18.2 Å². The third kappa shape index (κ3) is 2.92. The fraction of sp³-hybridized carbons (Fsp3) is 0. The lowest BCUT2D eigenvalue weighted by molar-refractivity contribution is 0.0698. The van der Waals surface area contributed by atoms with Gasteiger partial charge in [-0.2, -0.15) is 0 Å². The summed E-state index contributed by atoms with van der Waals surface area (Å²) < 4.78 is 0. The molecule has 0 heterocycles. The molecule has 2 aromatic carbocycles. The number of benzene rings is 2. The molecule has 2 rings (SSSR count). The molecule has 4 nitrogen and oxygen atoms in total. The van der Waals surface area contributed by atoms with Gasteiger partial charge in [0, 0.05) is 5.56 Å². The van der Waals surface area contributed by atoms with Crippen molar-refractivity contribution in [2.24, 2.45) is 0 Å². The van der Waals surface area contributed by atoms with Crippen molar-refractivity contribution in [3.05, 3.63) is 64.7 Å². The molecule has 1 amide bonds. The fourth-order valence-corrected chi connectivity index (χ4v) is 1.83. The molecule has 0 aliphatic rings. The monoisotopic (exact) mass is 275 g/mol. The minimum absolute atomic E-state index is 0.0446. The van der Waals surface area contributed by atoms with E-state index >= 15 is 0 Å². The van der Waals surface area contributed by atoms with Gasteiger partial charge in [0.25, 0.3) is 5.91 Å². The first kappa shape index (κ1) is 13.1. The lowest BCUT2D eigenvalue weighted by atomic mass is 10.1. The van der Waals surface area contributed by atoms with E-state index in [0.29, 0.717) is 5.56 Å². The Morgan fingerprint density at radius 2 is 1.68 bits per heavy atom. The summed E-state index contributed by atoms with van der Waals surface area (Å²) in [6.45, 7) is 0. The molecule has 0 spiro atoms. The number of hydrogen-bond acceptors (Lipinski definition) is 2. The maximum atomic E-state index is 12.0. The van der Waals surface area contributed by atoms with Gasteiger partial charge in [-0.1, -0.05) is 35.9 Å². The number of nitrogens with one attached hydrogen (secondary N) is 1. The summed E-state index contributed by atoms with van der Waals surface area (Å²) in [7, 11) is 0. The Labute approximate surface area is 114 Å². The molecule has 0 aliphatic heterocycles. The van der Waals surface area contributed by atoms with E-state index in [1.807, 2.05) is 0 Å². The van der Waals surface area contributed by atoms with Gasteiger partial charge in [-0.25, -0.2) is 4.79 Å².